The monoisotopic (exact) mass is 113 g/mol. The zero-order valence-electron chi connectivity index (χ0n) is 4.57. The van der Waals surface area contributed by atoms with E-state index in [-0.39, 0.29) is 0 Å². The normalized spacial score (nSPS) is 6.62. The van der Waals surface area contributed by atoms with Gasteiger partial charge in [-0.1, -0.05) is 0 Å². The number of hydrogen-bond acceptors (Lipinski definition) is 3. The minimum absolute atomic E-state index is 0.750. The molecule has 8 heavy (non-hydrogen) atoms. The van der Waals surface area contributed by atoms with Crippen molar-refractivity contribution >= 4 is 6.29 Å². The summed E-state index contributed by atoms with van der Waals surface area (Å²) in [5.41, 5.74) is 0. The van der Waals surface area contributed by atoms with Gasteiger partial charge in [-0.25, -0.2) is 4.98 Å². The molecule has 3 nitrogen and oxygen atoms in total. The lowest BCUT2D eigenvalue weighted by atomic mass is 11.0. The van der Waals surface area contributed by atoms with Crippen LogP contribution in [0.1, 0.15) is 6.92 Å². The average Bonchev–Trinajstić information content (AvgIpc) is 2.17. The van der Waals surface area contributed by atoms with Gasteiger partial charge < -0.3 is 9.21 Å². The average molecular weight is 113 g/mol. The number of carbonyl (C=O) groups excluding carboxylic acids is 1. The first kappa shape index (κ1) is 6.88. The number of hydrogen-bond donors (Lipinski definition) is 0. The van der Waals surface area contributed by atoms with E-state index < -0.39 is 0 Å². The van der Waals surface area contributed by atoms with Gasteiger partial charge in [0, 0.05) is 0 Å². The van der Waals surface area contributed by atoms with Crippen LogP contribution in [0.15, 0.2) is 23.3 Å². The first-order chi connectivity index (χ1) is 3.91. The van der Waals surface area contributed by atoms with Crippen molar-refractivity contribution in [2.24, 2.45) is 0 Å². The van der Waals surface area contributed by atoms with E-state index in [9.17, 15) is 0 Å². The molecule has 0 amide bonds. The Labute approximate surface area is 47.3 Å². The van der Waals surface area contributed by atoms with Gasteiger partial charge in [0.2, 0.25) is 0 Å². The molecule has 0 spiro atoms. The molecule has 0 saturated carbocycles. The van der Waals surface area contributed by atoms with E-state index in [4.69, 9.17) is 4.79 Å². The third-order valence-electron chi connectivity index (χ3n) is 0.347. The van der Waals surface area contributed by atoms with Crippen LogP contribution < -0.4 is 0 Å². The third kappa shape index (κ3) is 4.88. The molecule has 0 unspecified atom stereocenters. The van der Waals surface area contributed by atoms with E-state index in [2.05, 4.69) is 9.40 Å². The van der Waals surface area contributed by atoms with Crippen LogP contribution in [0, 0.1) is 0 Å². The van der Waals surface area contributed by atoms with Gasteiger partial charge in [0.05, 0.1) is 6.20 Å². The summed E-state index contributed by atoms with van der Waals surface area (Å²) in [7, 11) is 0. The summed E-state index contributed by atoms with van der Waals surface area (Å²) < 4.78 is 4.47. The second kappa shape index (κ2) is 5.88. The van der Waals surface area contributed by atoms with Crippen molar-refractivity contribution in [3.8, 4) is 0 Å². The molecule has 0 aliphatic rings. The first-order valence-corrected chi connectivity index (χ1v) is 2.13. The maximum absolute atomic E-state index is 8.81. The number of carbonyl (C=O) groups is 1. The first-order valence-electron chi connectivity index (χ1n) is 2.13. The van der Waals surface area contributed by atoms with Gasteiger partial charge in [-0.05, 0) is 6.92 Å². The predicted molar refractivity (Wildman–Crippen MR) is 28.2 cm³/mol. The zero-order valence-corrected chi connectivity index (χ0v) is 4.57. The number of rotatable bonds is 0. The van der Waals surface area contributed by atoms with Crippen LogP contribution in [0.3, 0.4) is 0 Å². The molecule has 44 valence electrons. The Morgan fingerprint density at radius 1 is 1.75 bits per heavy atom. The topological polar surface area (TPSA) is 43.1 Å². The van der Waals surface area contributed by atoms with Crippen LogP contribution in [-0.4, -0.2) is 11.3 Å². The second-order valence-electron chi connectivity index (χ2n) is 0.911. The van der Waals surface area contributed by atoms with Gasteiger partial charge in [0.1, 0.15) is 12.5 Å². The van der Waals surface area contributed by atoms with Crippen LogP contribution in [0.5, 0.6) is 0 Å². The van der Waals surface area contributed by atoms with Crippen molar-refractivity contribution in [2.75, 3.05) is 0 Å². The predicted octanol–water partition coefficient (Wildman–Crippen LogP) is 0.880. The molecule has 0 aliphatic carbocycles. The molecule has 0 aromatic carbocycles. The van der Waals surface area contributed by atoms with Gasteiger partial charge >= 0.3 is 0 Å². The molecular formula is C5H7NO2. The van der Waals surface area contributed by atoms with E-state index in [1.54, 1.807) is 6.20 Å². The Morgan fingerprint density at radius 2 is 2.38 bits per heavy atom. The van der Waals surface area contributed by atoms with Crippen molar-refractivity contribution in [3.63, 3.8) is 0 Å². The van der Waals surface area contributed by atoms with Gasteiger partial charge in [0.25, 0.3) is 0 Å². The summed E-state index contributed by atoms with van der Waals surface area (Å²) >= 11 is 0. The summed E-state index contributed by atoms with van der Waals surface area (Å²) in [5, 5.41) is 0. The van der Waals surface area contributed by atoms with Gasteiger partial charge in [-0.15, -0.1) is 0 Å². The van der Waals surface area contributed by atoms with Crippen LogP contribution in [0.2, 0.25) is 0 Å². The summed E-state index contributed by atoms with van der Waals surface area (Å²) in [6, 6.07) is 0. The van der Waals surface area contributed by atoms with Crippen LogP contribution in [0.4, 0.5) is 0 Å². The van der Waals surface area contributed by atoms with Crippen LogP contribution >= 0.6 is 0 Å². The van der Waals surface area contributed by atoms with Crippen LogP contribution in [-0.2, 0) is 4.79 Å². The smallest absolute Gasteiger partial charge is 0.180 e. The molecule has 0 N–H and O–H groups in total. The van der Waals surface area contributed by atoms with E-state index in [0.29, 0.717) is 0 Å². The van der Waals surface area contributed by atoms with Gasteiger partial charge in [-0.3, -0.25) is 0 Å². The Morgan fingerprint density at radius 3 is 2.50 bits per heavy atom. The molecule has 1 rings (SSSR count). The Kier molecular flexibility index (Phi) is 5.06. The highest BCUT2D eigenvalue weighted by Crippen LogP contribution is 1.72. The summed E-state index contributed by atoms with van der Waals surface area (Å²) in [6.45, 7) is 1.44. The number of aldehydes is 1. The fourth-order valence-electron chi connectivity index (χ4n) is 0.176. The lowest BCUT2D eigenvalue weighted by molar-refractivity contribution is -0.106. The summed E-state index contributed by atoms with van der Waals surface area (Å²) in [6.07, 6.45) is 5.22. The van der Waals surface area contributed by atoms with Crippen molar-refractivity contribution in [3.05, 3.63) is 18.9 Å². The highest BCUT2D eigenvalue weighted by molar-refractivity contribution is 5.44. The zero-order chi connectivity index (χ0) is 6.24. The molecule has 0 aliphatic heterocycles. The van der Waals surface area contributed by atoms with E-state index in [1.807, 2.05) is 0 Å². The van der Waals surface area contributed by atoms with Crippen molar-refractivity contribution < 1.29 is 9.21 Å². The van der Waals surface area contributed by atoms with Crippen molar-refractivity contribution in [1.82, 2.24) is 4.98 Å². The summed E-state index contributed by atoms with van der Waals surface area (Å²) in [5.74, 6) is 0. The van der Waals surface area contributed by atoms with Crippen LogP contribution in [0.25, 0.3) is 0 Å². The molecular weight excluding hydrogens is 106 g/mol. The van der Waals surface area contributed by atoms with E-state index in [1.165, 1.54) is 19.6 Å². The molecule has 1 heterocycles. The molecule has 0 saturated heterocycles. The molecule has 1 aromatic heterocycles. The standard InChI is InChI=1S/C3H3NO.C2H4O/c1-2-5-3-4-1;1-2-3/h1-3H;2H,1H3. The quantitative estimate of drug-likeness (QED) is 0.469. The lowest BCUT2D eigenvalue weighted by Crippen LogP contribution is -1.38. The number of aromatic nitrogens is 1. The Bertz CT molecular complexity index is 96.8. The van der Waals surface area contributed by atoms with Gasteiger partial charge in [0.15, 0.2) is 6.39 Å². The van der Waals surface area contributed by atoms with Gasteiger partial charge in [-0.2, -0.15) is 0 Å². The van der Waals surface area contributed by atoms with Crippen molar-refractivity contribution in [1.29, 1.82) is 0 Å². The fraction of sp³-hybridized carbons (Fsp3) is 0.200. The number of oxazole rings is 1. The Balaban J connectivity index is 0.000000145. The second-order valence-corrected chi connectivity index (χ2v) is 0.911. The molecule has 0 bridgehead atoms. The molecule has 0 fully saturated rings. The minimum Gasteiger partial charge on any atom is -0.452 e. The Hall–Kier alpha value is -1.12. The highest BCUT2D eigenvalue weighted by Gasteiger charge is 1.59. The fourth-order valence-corrected chi connectivity index (χ4v) is 0.176. The lowest BCUT2D eigenvalue weighted by Gasteiger charge is -1.47. The maximum Gasteiger partial charge on any atom is 0.180 e. The van der Waals surface area contributed by atoms with Crippen molar-refractivity contribution in [2.45, 2.75) is 6.92 Å². The molecule has 3 heteroatoms. The largest absolute Gasteiger partial charge is 0.452 e. The van der Waals surface area contributed by atoms with E-state index in [0.717, 1.165) is 6.29 Å². The SMILES string of the molecule is CC=O.c1cocn1. The minimum atomic E-state index is 0.750. The van der Waals surface area contributed by atoms with E-state index >= 15 is 0 Å². The summed E-state index contributed by atoms with van der Waals surface area (Å²) in [4.78, 5) is 12.4. The molecule has 0 atom stereocenters. The molecule has 0 radical (unpaired) electrons. The maximum atomic E-state index is 8.81. The number of nitrogens with zero attached hydrogens (tertiary/aromatic N) is 1. The molecule has 1 aromatic rings. The highest BCUT2D eigenvalue weighted by atomic mass is 16.3. The third-order valence-corrected chi connectivity index (χ3v) is 0.347.